The van der Waals surface area contributed by atoms with Crippen LogP contribution in [0.25, 0.3) is 0 Å². The summed E-state index contributed by atoms with van der Waals surface area (Å²) in [6, 6.07) is 20.5. The van der Waals surface area contributed by atoms with Gasteiger partial charge in [0.05, 0.1) is 0 Å². The van der Waals surface area contributed by atoms with Gasteiger partial charge in [-0.2, -0.15) is 0 Å². The lowest BCUT2D eigenvalue weighted by molar-refractivity contribution is -0.141. The number of benzene rings is 3. The molecule has 0 saturated carbocycles. The number of hydrogen-bond acceptors (Lipinski definition) is 5. The minimum absolute atomic E-state index is 0.228. The van der Waals surface area contributed by atoms with Crippen LogP contribution in [0.5, 0.6) is 11.5 Å². The van der Waals surface area contributed by atoms with Gasteiger partial charge < -0.3 is 14.8 Å². The topological polar surface area (TPSA) is 81.7 Å². The van der Waals surface area contributed by atoms with E-state index in [1.54, 1.807) is 24.3 Å². The summed E-state index contributed by atoms with van der Waals surface area (Å²) in [5, 5.41) is 2.42. The molecule has 0 bridgehead atoms. The van der Waals surface area contributed by atoms with E-state index >= 15 is 0 Å². The minimum Gasteiger partial charge on any atom is -0.457 e. The van der Waals surface area contributed by atoms with E-state index in [0.29, 0.717) is 17.1 Å². The van der Waals surface area contributed by atoms with Crippen LogP contribution in [0.4, 0.5) is 4.39 Å². The van der Waals surface area contributed by atoms with Crippen LogP contribution < -0.4 is 10.1 Å². The summed E-state index contributed by atoms with van der Waals surface area (Å²) >= 11 is 0. The van der Waals surface area contributed by atoms with Gasteiger partial charge in [-0.05, 0) is 60.7 Å². The summed E-state index contributed by atoms with van der Waals surface area (Å²) in [5.74, 6) is -0.926. The number of amides is 1. The van der Waals surface area contributed by atoms with Crippen LogP contribution >= 0.6 is 0 Å². The van der Waals surface area contributed by atoms with E-state index in [9.17, 15) is 18.8 Å². The van der Waals surface area contributed by atoms with Gasteiger partial charge in [0.1, 0.15) is 23.9 Å². The standard InChI is InChI=1S/C23H18FNO5/c24-18-10-6-16(7-11-18)21(26)15-29-22(27)14-25-23(28)17-8-12-20(13-9-17)30-19-4-2-1-3-5-19/h1-13H,14-15H2,(H,25,28). The van der Waals surface area contributed by atoms with Crippen molar-refractivity contribution in [3.63, 3.8) is 0 Å². The first-order valence-corrected chi connectivity index (χ1v) is 9.07. The number of carbonyl (C=O) groups excluding carboxylic acids is 3. The molecular formula is C23H18FNO5. The Labute approximate surface area is 172 Å². The van der Waals surface area contributed by atoms with Crippen LogP contribution in [0.2, 0.25) is 0 Å². The Balaban J connectivity index is 1.43. The van der Waals surface area contributed by atoms with E-state index in [4.69, 9.17) is 9.47 Å². The zero-order valence-corrected chi connectivity index (χ0v) is 15.8. The van der Waals surface area contributed by atoms with E-state index in [-0.39, 0.29) is 5.56 Å². The van der Waals surface area contributed by atoms with Gasteiger partial charge in [0.25, 0.3) is 5.91 Å². The number of esters is 1. The maximum Gasteiger partial charge on any atom is 0.325 e. The second kappa shape index (κ2) is 9.97. The Morgan fingerprint density at radius 2 is 1.37 bits per heavy atom. The minimum atomic E-state index is -0.761. The number of para-hydroxylation sites is 1. The van der Waals surface area contributed by atoms with Gasteiger partial charge in [-0.1, -0.05) is 18.2 Å². The maximum absolute atomic E-state index is 12.9. The van der Waals surface area contributed by atoms with Gasteiger partial charge in [0.2, 0.25) is 0 Å². The van der Waals surface area contributed by atoms with Gasteiger partial charge in [0.15, 0.2) is 12.4 Å². The highest BCUT2D eigenvalue weighted by Crippen LogP contribution is 2.21. The second-order valence-electron chi connectivity index (χ2n) is 6.21. The van der Waals surface area contributed by atoms with Crippen molar-refractivity contribution in [2.75, 3.05) is 13.2 Å². The molecule has 0 aliphatic rings. The first-order valence-electron chi connectivity index (χ1n) is 9.07. The molecule has 30 heavy (non-hydrogen) atoms. The first-order chi connectivity index (χ1) is 14.5. The van der Waals surface area contributed by atoms with Crippen molar-refractivity contribution >= 4 is 17.7 Å². The number of hydrogen-bond donors (Lipinski definition) is 1. The van der Waals surface area contributed by atoms with Gasteiger partial charge in [-0.25, -0.2) is 4.39 Å². The summed E-state index contributed by atoms with van der Waals surface area (Å²) in [6.07, 6.45) is 0. The number of carbonyl (C=O) groups is 3. The third kappa shape index (κ3) is 6.00. The highest BCUT2D eigenvalue weighted by molar-refractivity contribution is 5.98. The molecular weight excluding hydrogens is 389 g/mol. The summed E-state index contributed by atoms with van der Waals surface area (Å²) in [4.78, 5) is 35.8. The molecule has 6 nitrogen and oxygen atoms in total. The van der Waals surface area contributed by atoms with Gasteiger partial charge in [-0.15, -0.1) is 0 Å². The quantitative estimate of drug-likeness (QED) is 0.454. The van der Waals surface area contributed by atoms with E-state index in [1.807, 2.05) is 30.3 Å². The van der Waals surface area contributed by atoms with Crippen LogP contribution in [0.15, 0.2) is 78.9 Å². The average molecular weight is 407 g/mol. The molecule has 0 spiro atoms. The molecule has 3 aromatic rings. The SMILES string of the molecule is O=C(CNC(=O)c1ccc(Oc2ccccc2)cc1)OCC(=O)c1ccc(F)cc1. The predicted molar refractivity (Wildman–Crippen MR) is 107 cm³/mol. The molecule has 1 N–H and O–H groups in total. The molecule has 0 aromatic heterocycles. The summed E-state index contributed by atoms with van der Waals surface area (Å²) < 4.78 is 23.3. The molecule has 3 aromatic carbocycles. The van der Waals surface area contributed by atoms with E-state index < -0.39 is 36.6 Å². The fourth-order valence-corrected chi connectivity index (χ4v) is 2.47. The van der Waals surface area contributed by atoms with E-state index in [1.165, 1.54) is 12.1 Å². The van der Waals surface area contributed by atoms with Crippen molar-refractivity contribution in [1.29, 1.82) is 0 Å². The lowest BCUT2D eigenvalue weighted by Gasteiger charge is -2.08. The molecule has 152 valence electrons. The number of ether oxygens (including phenoxy) is 2. The normalized spacial score (nSPS) is 10.2. The molecule has 7 heteroatoms. The Kier molecular flexibility index (Phi) is 6.89. The third-order valence-corrected chi connectivity index (χ3v) is 4.02. The molecule has 0 aliphatic heterocycles. The third-order valence-electron chi connectivity index (χ3n) is 4.02. The number of rotatable bonds is 8. The maximum atomic E-state index is 12.9. The fraction of sp³-hybridized carbons (Fsp3) is 0.0870. The highest BCUT2D eigenvalue weighted by atomic mass is 19.1. The van der Waals surface area contributed by atoms with Crippen LogP contribution in [0.1, 0.15) is 20.7 Å². The molecule has 3 rings (SSSR count). The van der Waals surface area contributed by atoms with Gasteiger partial charge >= 0.3 is 5.97 Å². The van der Waals surface area contributed by atoms with Gasteiger partial charge in [-0.3, -0.25) is 14.4 Å². The van der Waals surface area contributed by atoms with Gasteiger partial charge in [0, 0.05) is 11.1 Å². The number of nitrogens with one attached hydrogen (secondary N) is 1. The Hall–Kier alpha value is -4.00. The van der Waals surface area contributed by atoms with Crippen molar-refractivity contribution in [3.05, 3.63) is 95.8 Å². The molecule has 0 unspecified atom stereocenters. The molecule has 1 amide bonds. The Morgan fingerprint density at radius 1 is 0.767 bits per heavy atom. The van der Waals surface area contributed by atoms with Crippen molar-refractivity contribution < 1.29 is 28.2 Å². The smallest absolute Gasteiger partial charge is 0.325 e. The zero-order chi connectivity index (χ0) is 21.3. The lowest BCUT2D eigenvalue weighted by Crippen LogP contribution is -2.31. The molecule has 0 aliphatic carbocycles. The fourth-order valence-electron chi connectivity index (χ4n) is 2.47. The van der Waals surface area contributed by atoms with Crippen LogP contribution in [-0.2, 0) is 9.53 Å². The summed E-state index contributed by atoms with van der Waals surface area (Å²) in [6.45, 7) is -0.885. The monoisotopic (exact) mass is 407 g/mol. The molecule has 0 atom stereocenters. The predicted octanol–water partition coefficient (Wildman–Crippen LogP) is 3.77. The zero-order valence-electron chi connectivity index (χ0n) is 15.8. The van der Waals surface area contributed by atoms with Crippen molar-refractivity contribution in [2.24, 2.45) is 0 Å². The summed E-state index contributed by atoms with van der Waals surface area (Å²) in [5.41, 5.74) is 0.566. The van der Waals surface area contributed by atoms with Crippen molar-refractivity contribution in [3.8, 4) is 11.5 Å². The molecule has 0 fully saturated rings. The summed E-state index contributed by atoms with van der Waals surface area (Å²) in [7, 11) is 0. The second-order valence-corrected chi connectivity index (χ2v) is 6.21. The number of ketones is 1. The molecule has 0 radical (unpaired) electrons. The van der Waals surface area contributed by atoms with Crippen molar-refractivity contribution in [2.45, 2.75) is 0 Å². The lowest BCUT2D eigenvalue weighted by atomic mass is 10.1. The van der Waals surface area contributed by atoms with E-state index in [0.717, 1.165) is 12.1 Å². The Morgan fingerprint density at radius 3 is 2.03 bits per heavy atom. The number of halogens is 1. The van der Waals surface area contributed by atoms with Crippen molar-refractivity contribution in [1.82, 2.24) is 5.32 Å². The van der Waals surface area contributed by atoms with Crippen LogP contribution in [0.3, 0.4) is 0 Å². The van der Waals surface area contributed by atoms with Crippen LogP contribution in [-0.4, -0.2) is 30.8 Å². The molecule has 0 saturated heterocycles. The van der Waals surface area contributed by atoms with E-state index in [2.05, 4.69) is 5.32 Å². The average Bonchev–Trinajstić information content (AvgIpc) is 2.77. The van der Waals surface area contributed by atoms with Crippen LogP contribution in [0, 0.1) is 5.82 Å². The first kappa shape index (κ1) is 20.7. The largest absolute Gasteiger partial charge is 0.457 e. The Bertz CT molecular complexity index is 1020. The molecule has 0 heterocycles. The number of Topliss-reactive ketones (excluding diaryl/α,β-unsaturated/α-hetero) is 1. The highest BCUT2D eigenvalue weighted by Gasteiger charge is 2.12.